The normalized spacial score (nSPS) is 16.0. The molecule has 2 aromatic rings. The highest BCUT2D eigenvalue weighted by atomic mass is 35.5. The van der Waals surface area contributed by atoms with Crippen molar-refractivity contribution in [1.29, 1.82) is 0 Å². The van der Waals surface area contributed by atoms with Gasteiger partial charge in [0.2, 0.25) is 5.91 Å². The maximum absolute atomic E-state index is 12.3. The zero-order chi connectivity index (χ0) is 20.1. The summed E-state index contributed by atoms with van der Waals surface area (Å²) in [7, 11) is 1.53. The summed E-state index contributed by atoms with van der Waals surface area (Å²) in [6.07, 6.45) is 0.0154. The van der Waals surface area contributed by atoms with Gasteiger partial charge in [0.05, 0.1) is 23.7 Å². The van der Waals surface area contributed by atoms with Crippen LogP contribution in [0.5, 0.6) is 5.75 Å². The predicted molar refractivity (Wildman–Crippen MR) is 104 cm³/mol. The molecule has 0 aliphatic carbocycles. The van der Waals surface area contributed by atoms with Crippen LogP contribution in [0.1, 0.15) is 6.42 Å². The number of rotatable bonds is 6. The first-order valence-corrected chi connectivity index (χ1v) is 9.01. The van der Waals surface area contributed by atoms with Gasteiger partial charge in [-0.05, 0) is 24.3 Å². The minimum Gasteiger partial charge on any atom is -0.497 e. The van der Waals surface area contributed by atoms with Crippen LogP contribution in [0.25, 0.3) is 0 Å². The summed E-state index contributed by atoms with van der Waals surface area (Å²) >= 11 is 6.13. The lowest BCUT2D eigenvalue weighted by Gasteiger charge is -2.17. The topological polar surface area (TPSA) is 84.9 Å². The summed E-state index contributed by atoms with van der Waals surface area (Å²) in [6, 6.07) is 13.7. The molecule has 1 fully saturated rings. The number of amides is 2. The second-order valence-electron chi connectivity index (χ2n) is 6.24. The van der Waals surface area contributed by atoms with Gasteiger partial charge in [-0.25, -0.2) is 0 Å². The first-order chi connectivity index (χ1) is 13.5. The Kier molecular flexibility index (Phi) is 6.16. The fourth-order valence-electron chi connectivity index (χ4n) is 2.92. The molecule has 2 aromatic carbocycles. The Labute approximate surface area is 167 Å². The first-order valence-electron chi connectivity index (χ1n) is 8.63. The number of esters is 1. The van der Waals surface area contributed by atoms with Gasteiger partial charge in [0.25, 0.3) is 5.91 Å². The molecule has 0 saturated carbocycles. The van der Waals surface area contributed by atoms with Gasteiger partial charge in [-0.3, -0.25) is 14.4 Å². The number of carbonyl (C=O) groups excluding carboxylic acids is 3. The zero-order valence-corrected chi connectivity index (χ0v) is 15.9. The largest absolute Gasteiger partial charge is 0.497 e. The fourth-order valence-corrected chi connectivity index (χ4v) is 3.16. The third kappa shape index (κ3) is 4.61. The second-order valence-corrected chi connectivity index (χ2v) is 6.65. The number of hydrogen-bond acceptors (Lipinski definition) is 5. The van der Waals surface area contributed by atoms with E-state index in [1.165, 1.54) is 12.0 Å². The quantitative estimate of drug-likeness (QED) is 0.751. The number of methoxy groups -OCH3 is 1. The molecule has 0 aromatic heterocycles. The number of anilines is 2. The van der Waals surface area contributed by atoms with Gasteiger partial charge in [-0.1, -0.05) is 29.8 Å². The maximum atomic E-state index is 12.3. The van der Waals surface area contributed by atoms with Gasteiger partial charge in [-0.15, -0.1) is 0 Å². The van der Waals surface area contributed by atoms with Crippen molar-refractivity contribution < 1.29 is 23.9 Å². The molecule has 1 aliphatic heterocycles. The Morgan fingerprint density at radius 3 is 2.75 bits per heavy atom. The Balaban J connectivity index is 1.53. The summed E-state index contributed by atoms with van der Waals surface area (Å²) in [6.45, 7) is -0.272. The Morgan fingerprint density at radius 1 is 1.21 bits per heavy atom. The summed E-state index contributed by atoms with van der Waals surface area (Å²) < 4.78 is 10.2. The molecule has 0 spiro atoms. The molecule has 0 bridgehead atoms. The van der Waals surface area contributed by atoms with E-state index in [0.717, 1.165) is 0 Å². The van der Waals surface area contributed by atoms with E-state index in [2.05, 4.69) is 5.32 Å². The minimum absolute atomic E-state index is 0.0154. The number of para-hydroxylation sites is 1. The molecule has 1 heterocycles. The highest BCUT2D eigenvalue weighted by Crippen LogP contribution is 2.31. The van der Waals surface area contributed by atoms with Crippen molar-refractivity contribution in [3.05, 3.63) is 53.6 Å². The molecule has 28 heavy (non-hydrogen) atoms. The molecule has 0 unspecified atom stereocenters. The van der Waals surface area contributed by atoms with E-state index < -0.39 is 24.4 Å². The smallest absolute Gasteiger partial charge is 0.311 e. The van der Waals surface area contributed by atoms with E-state index in [1.54, 1.807) is 48.5 Å². The van der Waals surface area contributed by atoms with Crippen molar-refractivity contribution in [2.45, 2.75) is 6.42 Å². The lowest BCUT2D eigenvalue weighted by atomic mass is 10.1. The van der Waals surface area contributed by atoms with Crippen LogP contribution in [-0.4, -0.2) is 38.0 Å². The molecule has 3 rings (SSSR count). The van der Waals surface area contributed by atoms with Crippen molar-refractivity contribution in [2.24, 2.45) is 5.92 Å². The highest BCUT2D eigenvalue weighted by Gasteiger charge is 2.37. The van der Waals surface area contributed by atoms with Gasteiger partial charge < -0.3 is 19.7 Å². The molecule has 7 nitrogen and oxygen atoms in total. The molecule has 1 atom stereocenters. The summed E-state index contributed by atoms with van der Waals surface area (Å²) in [5.74, 6) is -1.33. The van der Waals surface area contributed by atoms with Crippen molar-refractivity contribution >= 4 is 40.8 Å². The first kappa shape index (κ1) is 19.7. The van der Waals surface area contributed by atoms with E-state index in [1.807, 2.05) is 0 Å². The van der Waals surface area contributed by atoms with Crippen molar-refractivity contribution in [1.82, 2.24) is 0 Å². The molecular weight excluding hydrogens is 384 g/mol. The van der Waals surface area contributed by atoms with Crippen LogP contribution in [0.15, 0.2) is 48.5 Å². The number of nitrogens with zero attached hydrogens (tertiary/aromatic N) is 1. The lowest BCUT2D eigenvalue weighted by Crippen LogP contribution is -2.28. The van der Waals surface area contributed by atoms with Gasteiger partial charge in [-0.2, -0.15) is 0 Å². The number of benzene rings is 2. The van der Waals surface area contributed by atoms with Crippen molar-refractivity contribution in [3.8, 4) is 5.75 Å². The Bertz CT molecular complexity index is 902. The molecule has 146 valence electrons. The van der Waals surface area contributed by atoms with Crippen LogP contribution >= 0.6 is 11.6 Å². The Hall–Kier alpha value is -3.06. The standard InChI is InChI=1S/C20H19ClN2O5/c1-27-15-6-4-5-14(10-15)22-18(24)12-28-20(26)13-9-19(25)23(11-13)17-8-3-2-7-16(17)21/h2-8,10,13H,9,11-12H2,1H3,(H,22,24)/t13-/m1/s1. The second kappa shape index (κ2) is 8.75. The number of hydrogen-bond donors (Lipinski definition) is 1. The molecule has 1 aliphatic rings. The van der Waals surface area contributed by atoms with E-state index >= 15 is 0 Å². The summed E-state index contributed by atoms with van der Waals surface area (Å²) in [4.78, 5) is 38.0. The predicted octanol–water partition coefficient (Wildman–Crippen LogP) is 2.88. The van der Waals surface area contributed by atoms with Crippen molar-refractivity contribution in [2.75, 3.05) is 30.5 Å². The monoisotopic (exact) mass is 402 g/mol. The van der Waals surface area contributed by atoms with Crippen molar-refractivity contribution in [3.63, 3.8) is 0 Å². The maximum Gasteiger partial charge on any atom is 0.311 e. The highest BCUT2D eigenvalue weighted by molar-refractivity contribution is 6.33. The average molecular weight is 403 g/mol. The van der Waals surface area contributed by atoms with Gasteiger partial charge in [0, 0.05) is 24.7 Å². The van der Waals surface area contributed by atoms with Gasteiger partial charge in [0.1, 0.15) is 5.75 Å². The molecule has 1 saturated heterocycles. The Morgan fingerprint density at radius 2 is 2.00 bits per heavy atom. The molecule has 8 heteroatoms. The number of nitrogens with one attached hydrogen (secondary N) is 1. The zero-order valence-electron chi connectivity index (χ0n) is 15.2. The van der Waals surface area contributed by atoms with E-state index in [4.69, 9.17) is 21.1 Å². The van der Waals surface area contributed by atoms with Gasteiger partial charge >= 0.3 is 5.97 Å². The van der Waals surface area contributed by atoms with Crippen LogP contribution in [-0.2, 0) is 19.1 Å². The SMILES string of the molecule is COc1cccc(NC(=O)COC(=O)[C@@H]2CC(=O)N(c3ccccc3Cl)C2)c1. The van der Waals surface area contributed by atoms with Gasteiger partial charge in [0.15, 0.2) is 6.61 Å². The van der Waals surface area contributed by atoms with E-state index in [9.17, 15) is 14.4 Å². The number of ether oxygens (including phenoxy) is 2. The van der Waals surface area contributed by atoms with Crippen LogP contribution in [0, 0.1) is 5.92 Å². The average Bonchev–Trinajstić information content (AvgIpc) is 3.08. The third-order valence-electron chi connectivity index (χ3n) is 4.30. The van der Waals surface area contributed by atoms with Crippen LogP contribution in [0.4, 0.5) is 11.4 Å². The van der Waals surface area contributed by atoms with Crippen LogP contribution < -0.4 is 15.0 Å². The number of halogens is 1. The fraction of sp³-hybridized carbons (Fsp3) is 0.250. The lowest BCUT2D eigenvalue weighted by molar-refractivity contribution is -0.151. The summed E-state index contributed by atoms with van der Waals surface area (Å²) in [5.41, 5.74) is 1.08. The van der Waals surface area contributed by atoms with E-state index in [0.29, 0.717) is 22.1 Å². The molecule has 0 radical (unpaired) electrons. The summed E-state index contributed by atoms with van der Waals surface area (Å²) in [5, 5.41) is 3.06. The molecule has 1 N–H and O–H groups in total. The molecule has 2 amide bonds. The van der Waals surface area contributed by atoms with Crippen LogP contribution in [0.3, 0.4) is 0 Å². The third-order valence-corrected chi connectivity index (χ3v) is 4.62. The van der Waals surface area contributed by atoms with E-state index in [-0.39, 0.29) is 18.9 Å². The molecular formula is C20H19ClN2O5. The van der Waals surface area contributed by atoms with Crippen LogP contribution in [0.2, 0.25) is 5.02 Å². The minimum atomic E-state index is -0.645. The number of carbonyl (C=O) groups is 3.